The second kappa shape index (κ2) is 5.70. The number of aromatic nitrogens is 1. The zero-order chi connectivity index (χ0) is 11.2. The lowest BCUT2D eigenvalue weighted by atomic mass is 10.0. The third-order valence-corrected chi connectivity index (χ3v) is 2.80. The molecule has 88 valence electrons. The number of anilines is 1. The Balaban J connectivity index is 1.79. The van der Waals surface area contributed by atoms with Crippen LogP contribution in [0.4, 0.5) is 5.82 Å². The molecular weight excluding hydrogens is 204 g/mol. The van der Waals surface area contributed by atoms with Crippen LogP contribution in [-0.2, 0) is 4.74 Å². The van der Waals surface area contributed by atoms with E-state index in [2.05, 4.69) is 10.3 Å². The van der Waals surface area contributed by atoms with Crippen LogP contribution >= 0.6 is 0 Å². The van der Waals surface area contributed by atoms with Gasteiger partial charge in [0.15, 0.2) is 0 Å². The van der Waals surface area contributed by atoms with Gasteiger partial charge in [0.25, 0.3) is 0 Å². The summed E-state index contributed by atoms with van der Waals surface area (Å²) in [6.45, 7) is 2.71. The summed E-state index contributed by atoms with van der Waals surface area (Å²) in [6, 6.07) is 3.84. The first kappa shape index (κ1) is 11.2. The first-order valence-electron chi connectivity index (χ1n) is 5.70. The van der Waals surface area contributed by atoms with Gasteiger partial charge in [-0.25, -0.2) is 4.98 Å². The highest BCUT2D eigenvalue weighted by atomic mass is 16.5. The van der Waals surface area contributed by atoms with Crippen LogP contribution in [0, 0.1) is 5.92 Å². The van der Waals surface area contributed by atoms with E-state index in [0.717, 1.165) is 31.3 Å². The molecule has 16 heavy (non-hydrogen) atoms. The fraction of sp³-hybridized carbons (Fsp3) is 0.583. The average Bonchev–Trinajstić information content (AvgIpc) is 2.38. The molecule has 1 aliphatic rings. The number of rotatable bonds is 4. The molecule has 1 unspecified atom stereocenters. The fourth-order valence-electron chi connectivity index (χ4n) is 1.82. The molecule has 1 fully saturated rings. The number of methoxy groups -OCH3 is 1. The highest BCUT2D eigenvalue weighted by molar-refractivity contribution is 5.37. The molecule has 0 aliphatic carbocycles. The van der Waals surface area contributed by atoms with E-state index in [0.29, 0.717) is 5.92 Å². The first-order chi connectivity index (χ1) is 7.88. The van der Waals surface area contributed by atoms with Crippen molar-refractivity contribution < 1.29 is 9.47 Å². The summed E-state index contributed by atoms with van der Waals surface area (Å²) < 4.78 is 10.5. The molecule has 0 aromatic carbocycles. The molecule has 4 heteroatoms. The van der Waals surface area contributed by atoms with Gasteiger partial charge >= 0.3 is 0 Å². The van der Waals surface area contributed by atoms with Crippen LogP contribution in [0.2, 0.25) is 0 Å². The summed E-state index contributed by atoms with van der Waals surface area (Å²) in [4.78, 5) is 4.26. The molecule has 1 aromatic heterocycles. The van der Waals surface area contributed by atoms with Crippen molar-refractivity contribution in [3.05, 3.63) is 18.3 Å². The van der Waals surface area contributed by atoms with E-state index in [1.54, 1.807) is 13.3 Å². The predicted octanol–water partition coefficient (Wildman–Crippen LogP) is 1.93. The zero-order valence-corrected chi connectivity index (χ0v) is 9.61. The lowest BCUT2D eigenvalue weighted by Gasteiger charge is -2.22. The van der Waals surface area contributed by atoms with Gasteiger partial charge in [-0.1, -0.05) is 0 Å². The van der Waals surface area contributed by atoms with Crippen molar-refractivity contribution in [2.45, 2.75) is 12.8 Å². The topological polar surface area (TPSA) is 43.4 Å². The van der Waals surface area contributed by atoms with Crippen molar-refractivity contribution in [1.82, 2.24) is 4.98 Å². The molecule has 0 saturated carbocycles. The molecule has 2 rings (SSSR count). The van der Waals surface area contributed by atoms with Gasteiger partial charge in [-0.05, 0) is 30.9 Å². The zero-order valence-electron chi connectivity index (χ0n) is 9.61. The number of hydrogen-bond acceptors (Lipinski definition) is 4. The van der Waals surface area contributed by atoms with E-state index >= 15 is 0 Å². The van der Waals surface area contributed by atoms with Gasteiger partial charge in [0.1, 0.15) is 11.6 Å². The van der Waals surface area contributed by atoms with Gasteiger partial charge < -0.3 is 14.8 Å². The monoisotopic (exact) mass is 222 g/mol. The van der Waals surface area contributed by atoms with Crippen LogP contribution in [-0.4, -0.2) is 31.9 Å². The molecule has 1 N–H and O–H groups in total. The van der Waals surface area contributed by atoms with Crippen LogP contribution in [0.15, 0.2) is 18.3 Å². The average molecular weight is 222 g/mol. The smallest absolute Gasteiger partial charge is 0.137 e. The number of nitrogens with zero attached hydrogens (tertiary/aromatic N) is 1. The molecule has 0 spiro atoms. The fourth-order valence-corrected chi connectivity index (χ4v) is 1.82. The van der Waals surface area contributed by atoms with Crippen molar-refractivity contribution in [3.8, 4) is 5.75 Å². The van der Waals surface area contributed by atoms with Crippen molar-refractivity contribution in [2.24, 2.45) is 5.92 Å². The normalized spacial score (nSPS) is 20.4. The van der Waals surface area contributed by atoms with Crippen LogP contribution in [0.1, 0.15) is 12.8 Å². The van der Waals surface area contributed by atoms with Crippen molar-refractivity contribution in [1.29, 1.82) is 0 Å². The van der Waals surface area contributed by atoms with E-state index in [-0.39, 0.29) is 0 Å². The Morgan fingerprint density at radius 2 is 2.50 bits per heavy atom. The lowest BCUT2D eigenvalue weighted by molar-refractivity contribution is 0.0595. The third-order valence-electron chi connectivity index (χ3n) is 2.80. The van der Waals surface area contributed by atoms with Crippen molar-refractivity contribution in [2.75, 3.05) is 32.2 Å². The van der Waals surface area contributed by atoms with Crippen LogP contribution in [0.3, 0.4) is 0 Å². The van der Waals surface area contributed by atoms with E-state index in [4.69, 9.17) is 9.47 Å². The molecular formula is C12H18N2O2. The maximum atomic E-state index is 5.43. The maximum absolute atomic E-state index is 5.43. The number of ether oxygens (including phenoxy) is 2. The first-order valence-corrected chi connectivity index (χ1v) is 5.70. The Kier molecular flexibility index (Phi) is 3.99. The van der Waals surface area contributed by atoms with Gasteiger partial charge in [0.2, 0.25) is 0 Å². The SMILES string of the molecule is COc1ccc(NCC2CCCOC2)nc1. The van der Waals surface area contributed by atoms with Crippen LogP contribution < -0.4 is 10.1 Å². The summed E-state index contributed by atoms with van der Waals surface area (Å²) >= 11 is 0. The van der Waals surface area contributed by atoms with Gasteiger partial charge in [-0.15, -0.1) is 0 Å². The molecule has 1 saturated heterocycles. The van der Waals surface area contributed by atoms with Crippen molar-refractivity contribution >= 4 is 5.82 Å². The molecule has 1 atom stereocenters. The third kappa shape index (κ3) is 3.10. The highest BCUT2D eigenvalue weighted by Gasteiger charge is 2.13. The number of hydrogen-bond donors (Lipinski definition) is 1. The molecule has 0 bridgehead atoms. The van der Waals surface area contributed by atoms with Crippen LogP contribution in [0.25, 0.3) is 0 Å². The van der Waals surface area contributed by atoms with Gasteiger partial charge in [0, 0.05) is 13.2 Å². The number of nitrogens with one attached hydrogen (secondary N) is 1. The van der Waals surface area contributed by atoms with E-state index in [9.17, 15) is 0 Å². The summed E-state index contributed by atoms with van der Waals surface area (Å²) in [7, 11) is 1.64. The summed E-state index contributed by atoms with van der Waals surface area (Å²) in [5, 5.41) is 3.32. The minimum atomic E-state index is 0.609. The van der Waals surface area contributed by atoms with Gasteiger partial charge in [-0.3, -0.25) is 0 Å². The Labute approximate surface area is 96.0 Å². The summed E-state index contributed by atoms with van der Waals surface area (Å²) in [5.74, 6) is 2.29. The second-order valence-electron chi connectivity index (χ2n) is 4.05. The minimum absolute atomic E-state index is 0.609. The molecule has 1 aromatic rings. The Hall–Kier alpha value is -1.29. The Morgan fingerprint density at radius 3 is 3.12 bits per heavy atom. The van der Waals surface area contributed by atoms with Gasteiger partial charge in [-0.2, -0.15) is 0 Å². The van der Waals surface area contributed by atoms with Gasteiger partial charge in [0.05, 0.1) is 19.9 Å². The molecule has 0 radical (unpaired) electrons. The minimum Gasteiger partial charge on any atom is -0.495 e. The van der Waals surface area contributed by atoms with Crippen molar-refractivity contribution in [3.63, 3.8) is 0 Å². The summed E-state index contributed by atoms with van der Waals surface area (Å²) in [6.07, 6.45) is 4.13. The largest absolute Gasteiger partial charge is 0.495 e. The standard InChI is InChI=1S/C12H18N2O2/c1-15-11-4-5-12(14-8-11)13-7-10-3-2-6-16-9-10/h4-5,8,10H,2-3,6-7,9H2,1H3,(H,13,14). The molecule has 0 amide bonds. The predicted molar refractivity (Wildman–Crippen MR) is 62.8 cm³/mol. The Morgan fingerprint density at radius 1 is 1.56 bits per heavy atom. The lowest BCUT2D eigenvalue weighted by Crippen LogP contribution is -2.24. The Bertz CT molecular complexity index is 307. The van der Waals surface area contributed by atoms with E-state index in [1.165, 1.54) is 12.8 Å². The molecule has 2 heterocycles. The quantitative estimate of drug-likeness (QED) is 0.845. The van der Waals surface area contributed by atoms with E-state index in [1.807, 2.05) is 12.1 Å². The molecule has 4 nitrogen and oxygen atoms in total. The maximum Gasteiger partial charge on any atom is 0.137 e. The highest BCUT2D eigenvalue weighted by Crippen LogP contribution is 2.15. The summed E-state index contributed by atoms with van der Waals surface area (Å²) in [5.41, 5.74) is 0. The molecule has 1 aliphatic heterocycles. The van der Waals surface area contributed by atoms with E-state index < -0.39 is 0 Å². The van der Waals surface area contributed by atoms with Crippen LogP contribution in [0.5, 0.6) is 5.75 Å². The number of pyridine rings is 1. The second-order valence-corrected chi connectivity index (χ2v) is 4.05.